The van der Waals surface area contributed by atoms with Crippen molar-refractivity contribution in [3.05, 3.63) is 77.2 Å². The molecule has 1 aromatic heterocycles. The van der Waals surface area contributed by atoms with E-state index < -0.39 is 0 Å². The predicted molar refractivity (Wildman–Crippen MR) is 99.1 cm³/mol. The highest BCUT2D eigenvalue weighted by Gasteiger charge is 2.12. The van der Waals surface area contributed by atoms with Gasteiger partial charge in [0, 0.05) is 23.0 Å². The van der Waals surface area contributed by atoms with Crippen molar-refractivity contribution < 1.29 is 9.50 Å². The van der Waals surface area contributed by atoms with Crippen LogP contribution in [0.3, 0.4) is 0 Å². The van der Waals surface area contributed by atoms with Gasteiger partial charge in [-0.05, 0) is 43.2 Å². The molecule has 1 heterocycles. The van der Waals surface area contributed by atoms with Crippen molar-refractivity contribution in [1.82, 2.24) is 4.98 Å². The van der Waals surface area contributed by atoms with E-state index in [0.29, 0.717) is 22.5 Å². The van der Waals surface area contributed by atoms with Crippen molar-refractivity contribution in [3.63, 3.8) is 0 Å². The quantitative estimate of drug-likeness (QED) is 0.665. The molecule has 0 radical (unpaired) electrons. The summed E-state index contributed by atoms with van der Waals surface area (Å²) in [5.41, 5.74) is 4.02. The Morgan fingerprint density at radius 1 is 1.12 bits per heavy atom. The molecule has 1 N–H and O–H groups in total. The Balaban J connectivity index is 2.03. The van der Waals surface area contributed by atoms with E-state index >= 15 is 0 Å². The van der Waals surface area contributed by atoms with Gasteiger partial charge < -0.3 is 5.11 Å². The molecule has 3 aromatic rings. The number of nitrogens with zero attached hydrogens (tertiary/aromatic N) is 2. The average molecular weight is 334 g/mol. The highest BCUT2D eigenvalue weighted by Crippen LogP contribution is 2.30. The Kier molecular flexibility index (Phi) is 4.89. The third-order valence-electron chi connectivity index (χ3n) is 3.98. The van der Waals surface area contributed by atoms with Gasteiger partial charge in [-0.15, -0.1) is 0 Å². The first-order chi connectivity index (χ1) is 12.1. The second-order valence-corrected chi connectivity index (χ2v) is 5.81. The summed E-state index contributed by atoms with van der Waals surface area (Å²) in [6.45, 7) is 3.71. The van der Waals surface area contributed by atoms with Crippen molar-refractivity contribution in [1.29, 1.82) is 0 Å². The number of aryl methyl sites for hydroxylation is 2. The molecular formula is C21H19FN2O. The highest BCUT2D eigenvalue weighted by molar-refractivity contribution is 5.89. The molecular weight excluding hydrogens is 315 g/mol. The molecule has 0 amide bonds. The molecule has 0 atom stereocenters. The molecule has 126 valence electrons. The number of pyridine rings is 1. The normalized spacial score (nSPS) is 11.2. The molecule has 25 heavy (non-hydrogen) atoms. The third-order valence-corrected chi connectivity index (χ3v) is 3.98. The number of rotatable bonds is 4. The molecule has 0 spiro atoms. The summed E-state index contributed by atoms with van der Waals surface area (Å²) in [5.74, 6) is -0.170. The first-order valence-electron chi connectivity index (χ1n) is 8.17. The topological polar surface area (TPSA) is 45.5 Å². The van der Waals surface area contributed by atoms with E-state index in [1.807, 2.05) is 43.3 Å². The molecule has 2 aromatic carbocycles. The molecule has 0 aliphatic carbocycles. The van der Waals surface area contributed by atoms with Gasteiger partial charge in [-0.25, -0.2) is 9.37 Å². The van der Waals surface area contributed by atoms with Crippen LogP contribution in [0.15, 0.2) is 59.6 Å². The van der Waals surface area contributed by atoms with Crippen molar-refractivity contribution in [2.24, 2.45) is 4.99 Å². The van der Waals surface area contributed by atoms with Crippen LogP contribution >= 0.6 is 0 Å². The number of aromatic nitrogens is 1. The van der Waals surface area contributed by atoms with Gasteiger partial charge in [0.2, 0.25) is 0 Å². The van der Waals surface area contributed by atoms with Crippen LogP contribution in [-0.2, 0) is 6.42 Å². The van der Waals surface area contributed by atoms with Crippen LogP contribution in [0.2, 0.25) is 0 Å². The number of halogens is 1. The van der Waals surface area contributed by atoms with E-state index in [-0.39, 0.29) is 11.6 Å². The monoisotopic (exact) mass is 334 g/mol. The van der Waals surface area contributed by atoms with Gasteiger partial charge in [0.1, 0.15) is 11.5 Å². The number of benzene rings is 2. The van der Waals surface area contributed by atoms with E-state index in [1.54, 1.807) is 25.3 Å². The second-order valence-electron chi connectivity index (χ2n) is 5.81. The van der Waals surface area contributed by atoms with Crippen LogP contribution in [-0.4, -0.2) is 16.3 Å². The largest absolute Gasteiger partial charge is 0.505 e. The van der Waals surface area contributed by atoms with Gasteiger partial charge in [0.15, 0.2) is 5.75 Å². The molecule has 0 fully saturated rings. The summed E-state index contributed by atoms with van der Waals surface area (Å²) in [6, 6.07) is 16.0. The zero-order valence-electron chi connectivity index (χ0n) is 14.2. The van der Waals surface area contributed by atoms with Crippen LogP contribution in [0.5, 0.6) is 5.75 Å². The van der Waals surface area contributed by atoms with E-state index in [9.17, 15) is 9.50 Å². The lowest BCUT2D eigenvalue weighted by Crippen LogP contribution is -1.96. The number of hydrogen-bond acceptors (Lipinski definition) is 3. The lowest BCUT2D eigenvalue weighted by molar-refractivity contribution is 0.473. The lowest BCUT2D eigenvalue weighted by atomic mass is 10.1. The summed E-state index contributed by atoms with van der Waals surface area (Å²) in [7, 11) is 0. The molecule has 0 saturated heterocycles. The maximum atomic E-state index is 13.4. The van der Waals surface area contributed by atoms with Gasteiger partial charge >= 0.3 is 0 Å². The fraction of sp³-hybridized carbons (Fsp3) is 0.143. The second kappa shape index (κ2) is 7.26. The highest BCUT2D eigenvalue weighted by atomic mass is 19.1. The Hall–Kier alpha value is -3.01. The SMILES string of the molecule is CCc1cc(C=Nc2ccc(F)c(C)c2)c(O)c(-c2ccccc2)n1. The molecule has 0 aliphatic rings. The van der Waals surface area contributed by atoms with Crippen LogP contribution in [0, 0.1) is 12.7 Å². The Labute approximate surface area is 146 Å². The predicted octanol–water partition coefficient (Wildman–Crippen LogP) is 5.21. The van der Waals surface area contributed by atoms with Gasteiger partial charge in [0.25, 0.3) is 0 Å². The van der Waals surface area contributed by atoms with Crippen molar-refractivity contribution in [3.8, 4) is 17.0 Å². The van der Waals surface area contributed by atoms with Gasteiger partial charge in [-0.3, -0.25) is 4.99 Å². The van der Waals surface area contributed by atoms with Gasteiger partial charge in [-0.2, -0.15) is 0 Å². The zero-order chi connectivity index (χ0) is 17.8. The maximum Gasteiger partial charge on any atom is 0.150 e. The molecule has 3 nitrogen and oxygen atoms in total. The standard InChI is InChI=1S/C21H19FN2O/c1-3-17-12-16(13-23-18-9-10-19(22)14(2)11-18)21(25)20(24-17)15-7-5-4-6-8-15/h4-13,25H,3H2,1-2H3. The number of hydrogen-bond donors (Lipinski definition) is 1. The van der Waals surface area contributed by atoms with Crippen molar-refractivity contribution in [2.75, 3.05) is 0 Å². The molecule has 0 aliphatic heterocycles. The first-order valence-corrected chi connectivity index (χ1v) is 8.17. The maximum absolute atomic E-state index is 13.4. The summed E-state index contributed by atoms with van der Waals surface area (Å²) in [6.07, 6.45) is 2.34. The fourth-order valence-corrected chi connectivity index (χ4v) is 2.54. The Morgan fingerprint density at radius 3 is 2.56 bits per heavy atom. The average Bonchev–Trinajstić information content (AvgIpc) is 2.64. The number of aliphatic imine (C=N–C) groups is 1. The molecule has 0 unspecified atom stereocenters. The smallest absolute Gasteiger partial charge is 0.150 e. The summed E-state index contributed by atoms with van der Waals surface area (Å²) in [4.78, 5) is 8.91. The van der Waals surface area contributed by atoms with E-state index in [0.717, 1.165) is 17.7 Å². The lowest BCUT2D eigenvalue weighted by Gasteiger charge is -2.09. The summed E-state index contributed by atoms with van der Waals surface area (Å²) < 4.78 is 13.4. The van der Waals surface area contributed by atoms with Crippen LogP contribution in [0.4, 0.5) is 10.1 Å². The minimum absolute atomic E-state index is 0.0889. The minimum atomic E-state index is -0.259. The first kappa shape index (κ1) is 16.8. The molecule has 0 bridgehead atoms. The molecule has 3 rings (SSSR count). The summed E-state index contributed by atoms with van der Waals surface area (Å²) in [5, 5.41) is 10.6. The van der Waals surface area contributed by atoms with E-state index in [2.05, 4.69) is 9.98 Å². The van der Waals surface area contributed by atoms with Gasteiger partial charge in [0.05, 0.1) is 5.69 Å². The molecule has 0 saturated carbocycles. The van der Waals surface area contributed by atoms with Gasteiger partial charge in [-0.1, -0.05) is 37.3 Å². The minimum Gasteiger partial charge on any atom is -0.505 e. The van der Waals surface area contributed by atoms with Crippen LogP contribution in [0.1, 0.15) is 23.7 Å². The fourth-order valence-electron chi connectivity index (χ4n) is 2.54. The zero-order valence-corrected chi connectivity index (χ0v) is 14.2. The van der Waals surface area contributed by atoms with Crippen molar-refractivity contribution >= 4 is 11.9 Å². The van der Waals surface area contributed by atoms with Crippen molar-refractivity contribution in [2.45, 2.75) is 20.3 Å². The Bertz CT molecular complexity index is 921. The Morgan fingerprint density at radius 2 is 1.88 bits per heavy atom. The van der Waals surface area contributed by atoms with Crippen LogP contribution < -0.4 is 0 Å². The summed E-state index contributed by atoms with van der Waals surface area (Å²) >= 11 is 0. The van der Waals surface area contributed by atoms with E-state index in [4.69, 9.17) is 0 Å². The number of aromatic hydroxyl groups is 1. The third kappa shape index (κ3) is 3.74. The van der Waals surface area contributed by atoms with Crippen LogP contribution in [0.25, 0.3) is 11.3 Å². The molecule has 4 heteroatoms. The van der Waals surface area contributed by atoms with E-state index in [1.165, 1.54) is 6.07 Å².